The number of halogens is 4. The smallest absolute Gasteiger partial charge is 0.201 e. The van der Waals surface area contributed by atoms with E-state index < -0.39 is 23.3 Å². The Morgan fingerprint density at radius 3 is 1.76 bits per heavy atom. The molecule has 0 spiro atoms. The first-order valence-corrected chi connectivity index (χ1v) is 16.2. The molecule has 4 unspecified atom stereocenters. The van der Waals surface area contributed by atoms with Crippen LogP contribution < -0.4 is 9.47 Å². The molecule has 3 fully saturated rings. The fraction of sp³-hybridized carbons (Fsp3) is 0.657. The van der Waals surface area contributed by atoms with Gasteiger partial charge in [0.2, 0.25) is 11.6 Å². The quantitative estimate of drug-likeness (QED) is 0.244. The van der Waals surface area contributed by atoms with Gasteiger partial charge in [-0.1, -0.05) is 26.2 Å². The van der Waals surface area contributed by atoms with Crippen molar-refractivity contribution in [1.29, 1.82) is 0 Å². The van der Waals surface area contributed by atoms with Crippen LogP contribution in [0, 0.1) is 52.9 Å². The van der Waals surface area contributed by atoms with Gasteiger partial charge in [-0.15, -0.1) is 0 Å². The van der Waals surface area contributed by atoms with E-state index in [4.69, 9.17) is 14.2 Å². The van der Waals surface area contributed by atoms with E-state index >= 15 is 0 Å². The number of fused-ring (bicyclic) bond motifs is 1. The standard InChI is InChI=1S/C35H46F4O3/c1-3-5-22-10-11-26-19-27(13-12-25(26)18-22)41-20-23-6-8-24(9-7-23)21-42-31-17-15-29(33(37)35(31)39)28-14-16-30(40-4-2)34(38)32(28)36/h14-17,22-27H,3-13,18-21H2,1-2H3. The lowest BCUT2D eigenvalue weighted by molar-refractivity contribution is -0.0386. The molecule has 0 aromatic heterocycles. The summed E-state index contributed by atoms with van der Waals surface area (Å²) in [5.41, 5.74) is -0.732. The highest BCUT2D eigenvalue weighted by Gasteiger charge is 2.36. The maximum atomic E-state index is 14.9. The maximum Gasteiger partial charge on any atom is 0.201 e. The molecule has 3 saturated carbocycles. The first-order valence-electron chi connectivity index (χ1n) is 16.2. The lowest BCUT2D eigenvalue weighted by Crippen LogP contribution is -2.35. The van der Waals surface area contributed by atoms with Crippen LogP contribution in [0.1, 0.15) is 90.9 Å². The summed E-state index contributed by atoms with van der Waals surface area (Å²) in [5, 5.41) is 0. The third kappa shape index (κ3) is 7.26. The summed E-state index contributed by atoms with van der Waals surface area (Å²) in [4.78, 5) is 0. The fourth-order valence-electron chi connectivity index (χ4n) is 7.67. The minimum atomic E-state index is -1.28. The summed E-state index contributed by atoms with van der Waals surface area (Å²) in [7, 11) is 0. The van der Waals surface area contributed by atoms with E-state index in [1.807, 2.05) is 0 Å². The van der Waals surface area contributed by atoms with Crippen LogP contribution in [0.25, 0.3) is 11.1 Å². The fourth-order valence-corrected chi connectivity index (χ4v) is 7.67. The first kappa shape index (κ1) is 31.2. The summed E-state index contributed by atoms with van der Waals surface area (Å²) in [6.07, 6.45) is 15.1. The maximum absolute atomic E-state index is 14.9. The minimum Gasteiger partial charge on any atom is -0.491 e. The summed E-state index contributed by atoms with van der Waals surface area (Å²) in [6.45, 7) is 5.21. The van der Waals surface area contributed by atoms with Crippen LogP contribution in [-0.2, 0) is 4.74 Å². The molecule has 5 rings (SSSR count). The molecular formula is C35H46F4O3. The Bertz CT molecular complexity index is 1180. The molecule has 0 N–H and O–H groups in total. The lowest BCUT2D eigenvalue weighted by Gasteiger charge is -2.42. The summed E-state index contributed by atoms with van der Waals surface area (Å²) < 4.78 is 75.8. The van der Waals surface area contributed by atoms with Crippen LogP contribution in [0.5, 0.6) is 11.5 Å². The van der Waals surface area contributed by atoms with Crippen molar-refractivity contribution >= 4 is 0 Å². The molecule has 3 aliphatic rings. The van der Waals surface area contributed by atoms with Crippen LogP contribution in [0.3, 0.4) is 0 Å². The van der Waals surface area contributed by atoms with E-state index in [-0.39, 0.29) is 35.2 Å². The number of benzene rings is 2. The molecule has 0 heterocycles. The van der Waals surface area contributed by atoms with Crippen molar-refractivity contribution in [3.63, 3.8) is 0 Å². The monoisotopic (exact) mass is 590 g/mol. The second-order valence-electron chi connectivity index (χ2n) is 12.9. The van der Waals surface area contributed by atoms with Crippen molar-refractivity contribution in [2.45, 2.75) is 97.0 Å². The number of hydrogen-bond donors (Lipinski definition) is 0. The Morgan fingerprint density at radius 1 is 0.595 bits per heavy atom. The van der Waals surface area contributed by atoms with Gasteiger partial charge < -0.3 is 14.2 Å². The highest BCUT2D eigenvalue weighted by Crippen LogP contribution is 2.45. The molecule has 0 saturated heterocycles. The van der Waals surface area contributed by atoms with Crippen LogP contribution in [0.15, 0.2) is 24.3 Å². The van der Waals surface area contributed by atoms with Crippen molar-refractivity contribution in [1.82, 2.24) is 0 Å². The Balaban J connectivity index is 1.06. The van der Waals surface area contributed by atoms with E-state index in [0.29, 0.717) is 18.6 Å². The van der Waals surface area contributed by atoms with Gasteiger partial charge in [0.1, 0.15) is 0 Å². The number of hydrogen-bond acceptors (Lipinski definition) is 3. The van der Waals surface area contributed by atoms with Crippen molar-refractivity contribution in [3.05, 3.63) is 47.5 Å². The molecule has 0 aliphatic heterocycles. The van der Waals surface area contributed by atoms with Crippen LogP contribution in [0.2, 0.25) is 0 Å². The Kier molecular flexibility index (Phi) is 10.7. The zero-order valence-electron chi connectivity index (χ0n) is 25.1. The van der Waals surface area contributed by atoms with E-state index in [9.17, 15) is 17.6 Å². The molecule has 0 bridgehead atoms. The van der Waals surface area contributed by atoms with Gasteiger partial charge >= 0.3 is 0 Å². The van der Waals surface area contributed by atoms with Gasteiger partial charge in [-0.3, -0.25) is 0 Å². The third-order valence-corrected chi connectivity index (χ3v) is 10.1. The summed E-state index contributed by atoms with van der Waals surface area (Å²) in [6, 6.07) is 4.91. The normalized spacial score (nSPS) is 27.9. The highest BCUT2D eigenvalue weighted by atomic mass is 19.2. The number of rotatable bonds is 11. The molecule has 3 nitrogen and oxygen atoms in total. The average Bonchev–Trinajstić information content (AvgIpc) is 3.00. The van der Waals surface area contributed by atoms with Crippen LogP contribution in [0.4, 0.5) is 17.6 Å². The van der Waals surface area contributed by atoms with Crippen LogP contribution in [-0.4, -0.2) is 25.9 Å². The number of ether oxygens (including phenoxy) is 3. The SMILES string of the molecule is CCCC1CCC2CC(OCC3CCC(COc4ccc(-c5ccc(OCC)c(F)c5F)c(F)c4F)CC3)CCC2C1. The van der Waals surface area contributed by atoms with Gasteiger partial charge in [-0.2, -0.15) is 8.78 Å². The minimum absolute atomic E-state index is 0.154. The van der Waals surface area contributed by atoms with Gasteiger partial charge in [0.25, 0.3) is 0 Å². The topological polar surface area (TPSA) is 27.7 Å². The molecule has 3 aliphatic carbocycles. The molecular weight excluding hydrogens is 544 g/mol. The Labute approximate surface area is 248 Å². The average molecular weight is 591 g/mol. The molecule has 232 valence electrons. The molecule has 2 aromatic rings. The molecule has 2 aromatic carbocycles. The predicted molar refractivity (Wildman–Crippen MR) is 157 cm³/mol. The van der Waals surface area contributed by atoms with E-state index in [1.165, 1.54) is 75.6 Å². The summed E-state index contributed by atoms with van der Waals surface area (Å²) >= 11 is 0. The second-order valence-corrected chi connectivity index (χ2v) is 12.9. The van der Waals surface area contributed by atoms with Crippen molar-refractivity contribution in [3.8, 4) is 22.6 Å². The van der Waals surface area contributed by atoms with Gasteiger partial charge in [-0.05, 0) is 119 Å². The Hall–Kier alpha value is -2.28. The van der Waals surface area contributed by atoms with Gasteiger partial charge in [0.15, 0.2) is 23.1 Å². The van der Waals surface area contributed by atoms with E-state index in [0.717, 1.165) is 50.0 Å². The van der Waals surface area contributed by atoms with E-state index in [2.05, 4.69) is 6.92 Å². The summed E-state index contributed by atoms with van der Waals surface area (Å²) in [5.74, 6) is -1.95. The lowest BCUT2D eigenvalue weighted by atomic mass is 9.66. The Morgan fingerprint density at radius 2 is 1.14 bits per heavy atom. The van der Waals surface area contributed by atoms with Crippen molar-refractivity contribution in [2.24, 2.45) is 29.6 Å². The zero-order chi connectivity index (χ0) is 29.6. The van der Waals surface area contributed by atoms with Gasteiger partial charge in [0.05, 0.1) is 19.3 Å². The van der Waals surface area contributed by atoms with Crippen molar-refractivity contribution in [2.75, 3.05) is 19.8 Å². The molecule has 0 amide bonds. The largest absolute Gasteiger partial charge is 0.491 e. The predicted octanol–water partition coefficient (Wildman–Crippen LogP) is 9.90. The van der Waals surface area contributed by atoms with Crippen LogP contribution >= 0.6 is 0 Å². The molecule has 42 heavy (non-hydrogen) atoms. The van der Waals surface area contributed by atoms with Gasteiger partial charge in [0, 0.05) is 17.7 Å². The highest BCUT2D eigenvalue weighted by molar-refractivity contribution is 5.67. The van der Waals surface area contributed by atoms with E-state index in [1.54, 1.807) is 6.92 Å². The molecule has 4 atom stereocenters. The first-order chi connectivity index (χ1) is 20.4. The molecule has 7 heteroatoms. The molecule has 0 radical (unpaired) electrons. The second kappa shape index (κ2) is 14.5. The third-order valence-electron chi connectivity index (χ3n) is 10.1. The van der Waals surface area contributed by atoms with Crippen molar-refractivity contribution < 1.29 is 31.8 Å². The van der Waals surface area contributed by atoms with Gasteiger partial charge in [-0.25, -0.2) is 8.78 Å². The zero-order valence-corrected chi connectivity index (χ0v) is 25.1.